The van der Waals surface area contributed by atoms with Gasteiger partial charge in [-0.2, -0.15) is 13.2 Å². The van der Waals surface area contributed by atoms with Gasteiger partial charge in [0, 0.05) is 19.0 Å². The molecule has 0 spiro atoms. The van der Waals surface area contributed by atoms with Crippen molar-refractivity contribution in [3.8, 4) is 0 Å². The van der Waals surface area contributed by atoms with E-state index in [9.17, 15) is 31.2 Å². The first-order valence-corrected chi connectivity index (χ1v) is 17.1. The monoisotopic (exact) mass is 679 g/mol. The van der Waals surface area contributed by atoms with Gasteiger partial charge in [-0.3, -0.25) is 13.9 Å². The zero-order valence-electron chi connectivity index (χ0n) is 27.4. The first-order chi connectivity index (χ1) is 22.7. The number of anilines is 1. The molecule has 0 fully saturated rings. The summed E-state index contributed by atoms with van der Waals surface area (Å²) in [6.07, 6.45) is -4.01. The first kappa shape index (κ1) is 36.2. The maximum Gasteiger partial charge on any atom is 0.416 e. The highest BCUT2D eigenvalue weighted by atomic mass is 32.2. The second-order valence-corrected chi connectivity index (χ2v) is 13.8. The quantitative estimate of drug-likeness (QED) is 0.164. The molecular formula is C37H40F3N3O4S. The second kappa shape index (κ2) is 15.5. The average molecular weight is 680 g/mol. The standard InChI is InChI=1S/C37H40F3N3O4S/c1-5-28(4)41-36(45)34(22-29-10-7-6-8-11-29)42(24-30-18-14-26(2)15-19-30)35(44)25-43(32-13-9-12-31(23-32)37(38,39)40)48(46,47)33-20-16-27(3)17-21-33/h6-21,23,28,34H,5,22,24-25H2,1-4H3,(H,41,45)/t28-,34-/m0/s1. The minimum Gasteiger partial charge on any atom is -0.352 e. The fraction of sp³-hybridized carbons (Fsp3) is 0.297. The summed E-state index contributed by atoms with van der Waals surface area (Å²) >= 11 is 0. The lowest BCUT2D eigenvalue weighted by Crippen LogP contribution is -2.54. The van der Waals surface area contributed by atoms with E-state index in [0.29, 0.717) is 22.4 Å². The highest BCUT2D eigenvalue weighted by Crippen LogP contribution is 2.33. The van der Waals surface area contributed by atoms with Crippen LogP contribution in [0, 0.1) is 13.8 Å². The molecule has 0 aromatic heterocycles. The Balaban J connectivity index is 1.84. The molecule has 0 radical (unpaired) electrons. The number of nitrogens with zero attached hydrogens (tertiary/aromatic N) is 2. The fourth-order valence-electron chi connectivity index (χ4n) is 5.09. The van der Waals surface area contributed by atoms with E-state index < -0.39 is 46.2 Å². The smallest absolute Gasteiger partial charge is 0.352 e. The number of sulfonamides is 1. The first-order valence-electron chi connectivity index (χ1n) is 15.6. The van der Waals surface area contributed by atoms with Crippen molar-refractivity contribution < 1.29 is 31.2 Å². The van der Waals surface area contributed by atoms with E-state index in [4.69, 9.17) is 0 Å². The van der Waals surface area contributed by atoms with Gasteiger partial charge in [-0.15, -0.1) is 0 Å². The van der Waals surface area contributed by atoms with Crippen LogP contribution in [0.4, 0.5) is 18.9 Å². The highest BCUT2D eigenvalue weighted by Gasteiger charge is 2.36. The van der Waals surface area contributed by atoms with E-state index in [1.165, 1.54) is 23.1 Å². The maximum absolute atomic E-state index is 14.5. The van der Waals surface area contributed by atoms with Gasteiger partial charge in [0.1, 0.15) is 12.6 Å². The third kappa shape index (κ3) is 9.25. The van der Waals surface area contributed by atoms with Gasteiger partial charge in [0.05, 0.1) is 16.1 Å². The summed E-state index contributed by atoms with van der Waals surface area (Å²) in [6.45, 7) is 6.53. The molecule has 0 saturated carbocycles. The van der Waals surface area contributed by atoms with Crippen molar-refractivity contribution >= 4 is 27.5 Å². The van der Waals surface area contributed by atoms with Crippen molar-refractivity contribution in [2.75, 3.05) is 10.8 Å². The lowest BCUT2D eigenvalue weighted by molar-refractivity contribution is -0.140. The molecule has 0 aliphatic rings. The van der Waals surface area contributed by atoms with Crippen LogP contribution in [0.2, 0.25) is 0 Å². The molecule has 0 aliphatic heterocycles. The number of nitrogens with one attached hydrogen (secondary N) is 1. The molecule has 0 saturated heterocycles. The van der Waals surface area contributed by atoms with Crippen LogP contribution in [0.5, 0.6) is 0 Å². The molecule has 1 N–H and O–H groups in total. The maximum atomic E-state index is 14.5. The van der Waals surface area contributed by atoms with E-state index >= 15 is 0 Å². The lowest BCUT2D eigenvalue weighted by Gasteiger charge is -2.34. The van der Waals surface area contributed by atoms with Gasteiger partial charge in [0.15, 0.2) is 0 Å². The molecule has 4 aromatic carbocycles. The van der Waals surface area contributed by atoms with Gasteiger partial charge in [-0.1, -0.05) is 90.8 Å². The Labute approximate surface area is 280 Å². The predicted molar refractivity (Wildman–Crippen MR) is 181 cm³/mol. The van der Waals surface area contributed by atoms with Crippen molar-refractivity contribution in [1.29, 1.82) is 0 Å². The molecule has 0 bridgehead atoms. The molecule has 2 amide bonds. The average Bonchev–Trinajstić information content (AvgIpc) is 3.06. The van der Waals surface area contributed by atoms with Gasteiger partial charge < -0.3 is 10.2 Å². The van der Waals surface area contributed by atoms with Crippen LogP contribution >= 0.6 is 0 Å². The van der Waals surface area contributed by atoms with E-state index in [1.807, 2.05) is 75.4 Å². The summed E-state index contributed by atoms with van der Waals surface area (Å²) in [5.74, 6) is -1.19. The third-order valence-corrected chi connectivity index (χ3v) is 9.88. The number of aryl methyl sites for hydroxylation is 2. The van der Waals surface area contributed by atoms with Crippen LogP contribution in [0.15, 0.2) is 108 Å². The Morgan fingerprint density at radius 3 is 2.00 bits per heavy atom. The number of halogens is 3. The summed E-state index contributed by atoms with van der Waals surface area (Å²) in [7, 11) is -4.55. The fourth-order valence-corrected chi connectivity index (χ4v) is 6.49. The normalized spacial score (nSPS) is 13.0. The Hall–Kier alpha value is -4.64. The van der Waals surface area contributed by atoms with Crippen molar-refractivity contribution in [2.45, 2.75) is 70.2 Å². The molecule has 48 heavy (non-hydrogen) atoms. The molecule has 0 unspecified atom stereocenters. The summed E-state index contributed by atoms with van der Waals surface area (Å²) in [4.78, 5) is 29.6. The molecule has 4 aromatic rings. The van der Waals surface area contributed by atoms with Crippen LogP contribution in [-0.2, 0) is 38.8 Å². The SMILES string of the molecule is CC[C@H](C)NC(=O)[C@H](Cc1ccccc1)N(Cc1ccc(C)cc1)C(=O)CN(c1cccc(C(F)(F)F)c1)S(=O)(=O)c1ccc(C)cc1. The Morgan fingerprint density at radius 1 is 0.812 bits per heavy atom. The number of amides is 2. The number of benzene rings is 4. The molecule has 2 atom stereocenters. The van der Waals surface area contributed by atoms with Gasteiger partial charge in [-0.05, 0) is 68.7 Å². The van der Waals surface area contributed by atoms with Crippen LogP contribution in [0.1, 0.15) is 48.1 Å². The predicted octanol–water partition coefficient (Wildman–Crippen LogP) is 7.07. The highest BCUT2D eigenvalue weighted by molar-refractivity contribution is 7.92. The largest absolute Gasteiger partial charge is 0.416 e. The molecule has 0 aliphatic carbocycles. The van der Waals surface area contributed by atoms with Crippen molar-refractivity contribution in [2.24, 2.45) is 0 Å². The number of alkyl halides is 3. The molecular weight excluding hydrogens is 639 g/mol. The van der Waals surface area contributed by atoms with Gasteiger partial charge in [0.2, 0.25) is 11.8 Å². The van der Waals surface area contributed by atoms with Gasteiger partial charge in [-0.25, -0.2) is 8.42 Å². The van der Waals surface area contributed by atoms with Crippen molar-refractivity contribution in [3.05, 3.63) is 131 Å². The third-order valence-electron chi connectivity index (χ3n) is 8.09. The number of hydrogen-bond donors (Lipinski definition) is 1. The Bertz CT molecular complexity index is 1800. The van der Waals surface area contributed by atoms with Crippen LogP contribution in [-0.4, -0.2) is 43.8 Å². The minimum atomic E-state index is -4.76. The number of hydrogen-bond acceptors (Lipinski definition) is 4. The summed E-state index contributed by atoms with van der Waals surface area (Å²) in [5.41, 5.74) is 1.81. The van der Waals surface area contributed by atoms with Crippen LogP contribution < -0.4 is 9.62 Å². The lowest BCUT2D eigenvalue weighted by atomic mass is 10.0. The van der Waals surface area contributed by atoms with Crippen molar-refractivity contribution in [1.82, 2.24) is 10.2 Å². The molecule has 4 rings (SSSR count). The van der Waals surface area contributed by atoms with E-state index in [2.05, 4.69) is 5.32 Å². The summed E-state index contributed by atoms with van der Waals surface area (Å²) in [5, 5.41) is 2.96. The summed E-state index contributed by atoms with van der Waals surface area (Å²) < 4.78 is 70.4. The number of carbonyl (C=O) groups excluding carboxylic acids is 2. The topological polar surface area (TPSA) is 86.8 Å². The molecule has 254 valence electrons. The molecule has 7 nitrogen and oxygen atoms in total. The van der Waals surface area contributed by atoms with Crippen molar-refractivity contribution in [3.63, 3.8) is 0 Å². The zero-order valence-corrected chi connectivity index (χ0v) is 28.2. The van der Waals surface area contributed by atoms with E-state index in [0.717, 1.165) is 28.8 Å². The van der Waals surface area contributed by atoms with E-state index in [-0.39, 0.29) is 29.6 Å². The van der Waals surface area contributed by atoms with Gasteiger partial charge in [0.25, 0.3) is 10.0 Å². The van der Waals surface area contributed by atoms with E-state index in [1.54, 1.807) is 19.1 Å². The molecule has 11 heteroatoms. The number of rotatable bonds is 13. The van der Waals surface area contributed by atoms with Crippen LogP contribution in [0.25, 0.3) is 0 Å². The summed E-state index contributed by atoms with van der Waals surface area (Å²) in [6, 6.07) is 24.9. The van der Waals surface area contributed by atoms with Crippen LogP contribution in [0.3, 0.4) is 0 Å². The Kier molecular flexibility index (Phi) is 11.7. The molecule has 0 heterocycles. The Morgan fingerprint density at radius 2 is 1.42 bits per heavy atom. The zero-order chi connectivity index (χ0) is 35.1. The minimum absolute atomic E-state index is 0.0500. The van der Waals surface area contributed by atoms with Gasteiger partial charge >= 0.3 is 6.18 Å². The second-order valence-electron chi connectivity index (χ2n) is 11.9. The number of carbonyl (C=O) groups is 2.